The van der Waals surface area contributed by atoms with Gasteiger partial charge in [0.2, 0.25) is 0 Å². The molecule has 0 N–H and O–H groups in total. The molecule has 1 radical (unpaired) electrons. The Hall–Kier alpha value is -1.98. The van der Waals surface area contributed by atoms with E-state index in [0.717, 1.165) is 5.56 Å². The molecule has 0 aromatic heterocycles. The van der Waals surface area contributed by atoms with Gasteiger partial charge in [-0.25, -0.2) is 0 Å². The van der Waals surface area contributed by atoms with Gasteiger partial charge in [0.25, 0.3) is 0 Å². The standard InChI is InChI=1S/C21H17.Rh/c1-17-9-8-14-20(15-17)21(19-12-6-3-7-13-19)16-18-10-4-2-5-11-18;/h2-12,14-16H,1H3;/q-1;/b21-16+;. The zero-order valence-electron chi connectivity index (χ0n) is 12.4. The van der Waals surface area contributed by atoms with Gasteiger partial charge in [0.1, 0.15) is 0 Å². The maximum Gasteiger partial charge on any atom is 0 e. The van der Waals surface area contributed by atoms with Crippen molar-refractivity contribution in [3.8, 4) is 0 Å². The second kappa shape index (κ2) is 7.87. The van der Waals surface area contributed by atoms with Gasteiger partial charge < -0.3 is 0 Å². The fourth-order valence-electron chi connectivity index (χ4n) is 2.41. The van der Waals surface area contributed by atoms with E-state index in [2.05, 4.69) is 79.7 Å². The maximum absolute atomic E-state index is 3.34. The van der Waals surface area contributed by atoms with Crippen LogP contribution in [-0.2, 0) is 19.5 Å². The van der Waals surface area contributed by atoms with Crippen LogP contribution in [0.5, 0.6) is 0 Å². The molecule has 3 aromatic rings. The van der Waals surface area contributed by atoms with E-state index in [9.17, 15) is 0 Å². The maximum atomic E-state index is 3.34. The fraction of sp³-hybridized carbons (Fsp3) is 0.0476. The summed E-state index contributed by atoms with van der Waals surface area (Å²) < 4.78 is 0. The van der Waals surface area contributed by atoms with Gasteiger partial charge in [-0.05, 0) is 12.5 Å². The number of aryl methyl sites for hydroxylation is 1. The number of hydrogen-bond acceptors (Lipinski definition) is 0. The Morgan fingerprint density at radius 1 is 0.864 bits per heavy atom. The molecular formula is C21H17Rh-. The molecule has 0 amide bonds. The Morgan fingerprint density at radius 2 is 1.64 bits per heavy atom. The SMILES string of the molecule is Cc1cccc(/C(=C/c2ccccc2)c2[c-]cccc2)c1.[Rh]. The summed E-state index contributed by atoms with van der Waals surface area (Å²) in [6.07, 6.45) is 2.22. The van der Waals surface area contributed by atoms with Crippen LogP contribution in [0.15, 0.2) is 78.9 Å². The first-order valence-electron chi connectivity index (χ1n) is 7.14. The van der Waals surface area contributed by atoms with Crippen molar-refractivity contribution < 1.29 is 19.5 Å². The molecule has 111 valence electrons. The van der Waals surface area contributed by atoms with E-state index in [1.807, 2.05) is 18.2 Å². The smallest absolute Gasteiger partial charge is 0 e. The predicted molar refractivity (Wildman–Crippen MR) is 89.9 cm³/mol. The molecule has 0 atom stereocenters. The Labute approximate surface area is 145 Å². The van der Waals surface area contributed by atoms with Crippen LogP contribution in [-0.4, -0.2) is 0 Å². The molecule has 3 aromatic carbocycles. The molecule has 0 heterocycles. The summed E-state index contributed by atoms with van der Waals surface area (Å²) in [7, 11) is 0. The molecule has 1 heteroatoms. The van der Waals surface area contributed by atoms with E-state index in [1.165, 1.54) is 22.3 Å². The Kier molecular flexibility index (Phi) is 5.86. The van der Waals surface area contributed by atoms with Crippen LogP contribution in [0, 0.1) is 13.0 Å². The number of rotatable bonds is 3. The van der Waals surface area contributed by atoms with E-state index in [1.54, 1.807) is 0 Å². The van der Waals surface area contributed by atoms with Crippen LogP contribution < -0.4 is 0 Å². The van der Waals surface area contributed by atoms with Crippen LogP contribution in [0.4, 0.5) is 0 Å². The second-order valence-corrected chi connectivity index (χ2v) is 5.11. The van der Waals surface area contributed by atoms with Crippen LogP contribution in [0.3, 0.4) is 0 Å². The third-order valence-corrected chi connectivity index (χ3v) is 3.44. The summed E-state index contributed by atoms with van der Waals surface area (Å²) in [4.78, 5) is 0. The van der Waals surface area contributed by atoms with Crippen molar-refractivity contribution in [3.05, 3.63) is 107 Å². The molecule has 0 unspecified atom stereocenters. The zero-order chi connectivity index (χ0) is 14.5. The molecule has 0 nitrogen and oxygen atoms in total. The van der Waals surface area contributed by atoms with Gasteiger partial charge in [-0.1, -0.05) is 77.4 Å². The first-order chi connectivity index (χ1) is 10.3. The third-order valence-electron chi connectivity index (χ3n) is 3.44. The summed E-state index contributed by atoms with van der Waals surface area (Å²) >= 11 is 0. The van der Waals surface area contributed by atoms with Gasteiger partial charge in [0.05, 0.1) is 0 Å². The van der Waals surface area contributed by atoms with E-state index in [0.29, 0.717) is 0 Å². The zero-order valence-corrected chi connectivity index (χ0v) is 14.1. The topological polar surface area (TPSA) is 0 Å². The van der Waals surface area contributed by atoms with Gasteiger partial charge in [0.15, 0.2) is 0 Å². The quantitative estimate of drug-likeness (QED) is 0.329. The van der Waals surface area contributed by atoms with Crippen molar-refractivity contribution in [2.24, 2.45) is 0 Å². The first kappa shape index (κ1) is 16.4. The molecule has 0 saturated heterocycles. The minimum absolute atomic E-state index is 0. The minimum atomic E-state index is 0. The summed E-state index contributed by atoms with van der Waals surface area (Å²) in [5.41, 5.74) is 6.01. The monoisotopic (exact) mass is 372 g/mol. The van der Waals surface area contributed by atoms with Crippen LogP contribution >= 0.6 is 0 Å². The predicted octanol–water partition coefficient (Wildman–Crippen LogP) is 5.38. The fourth-order valence-corrected chi connectivity index (χ4v) is 2.41. The van der Waals surface area contributed by atoms with E-state index < -0.39 is 0 Å². The normalized spacial score (nSPS) is 10.9. The van der Waals surface area contributed by atoms with Gasteiger partial charge in [0, 0.05) is 19.5 Å². The molecule has 0 spiro atoms. The number of benzene rings is 3. The summed E-state index contributed by atoms with van der Waals surface area (Å²) in [5, 5.41) is 0. The van der Waals surface area contributed by atoms with Crippen molar-refractivity contribution >= 4 is 11.6 Å². The summed E-state index contributed by atoms with van der Waals surface area (Å²) in [6, 6.07) is 30.5. The van der Waals surface area contributed by atoms with Gasteiger partial charge in [-0.2, -0.15) is 0 Å². The van der Waals surface area contributed by atoms with Crippen LogP contribution in [0.25, 0.3) is 11.6 Å². The largest absolute Gasteiger partial charge is 0.147 e. The van der Waals surface area contributed by atoms with Gasteiger partial charge in [-0.3, -0.25) is 0 Å². The van der Waals surface area contributed by atoms with Crippen LogP contribution in [0.1, 0.15) is 22.3 Å². The van der Waals surface area contributed by atoms with Crippen molar-refractivity contribution in [1.82, 2.24) is 0 Å². The first-order valence-corrected chi connectivity index (χ1v) is 7.14. The Bertz CT molecular complexity index is 743. The Balaban J connectivity index is 0.00000176. The van der Waals surface area contributed by atoms with Gasteiger partial charge in [-0.15, -0.1) is 35.9 Å². The van der Waals surface area contributed by atoms with Crippen molar-refractivity contribution in [2.45, 2.75) is 6.92 Å². The van der Waals surface area contributed by atoms with E-state index in [4.69, 9.17) is 0 Å². The molecule has 0 fully saturated rings. The molecule has 0 aliphatic heterocycles. The van der Waals surface area contributed by atoms with Crippen molar-refractivity contribution in [2.75, 3.05) is 0 Å². The molecular weight excluding hydrogens is 355 g/mol. The van der Waals surface area contributed by atoms with E-state index >= 15 is 0 Å². The second-order valence-electron chi connectivity index (χ2n) is 5.11. The number of hydrogen-bond donors (Lipinski definition) is 0. The van der Waals surface area contributed by atoms with Crippen LogP contribution in [0.2, 0.25) is 0 Å². The molecule has 22 heavy (non-hydrogen) atoms. The average molecular weight is 372 g/mol. The molecule has 0 aliphatic rings. The summed E-state index contributed by atoms with van der Waals surface area (Å²) in [6.45, 7) is 2.12. The summed E-state index contributed by atoms with van der Waals surface area (Å²) in [5.74, 6) is 0. The molecule has 0 aliphatic carbocycles. The van der Waals surface area contributed by atoms with E-state index in [-0.39, 0.29) is 19.5 Å². The van der Waals surface area contributed by atoms with Crippen molar-refractivity contribution in [3.63, 3.8) is 0 Å². The average Bonchev–Trinajstić information content (AvgIpc) is 2.54. The molecule has 3 rings (SSSR count). The molecule has 0 bridgehead atoms. The third kappa shape index (κ3) is 4.02. The minimum Gasteiger partial charge on any atom is -0.147 e. The van der Waals surface area contributed by atoms with Gasteiger partial charge >= 0.3 is 0 Å². The Morgan fingerprint density at radius 3 is 2.32 bits per heavy atom. The molecule has 0 saturated carbocycles. The van der Waals surface area contributed by atoms with Crippen molar-refractivity contribution in [1.29, 1.82) is 0 Å².